The van der Waals surface area contributed by atoms with Gasteiger partial charge in [-0.25, -0.2) is 14.1 Å². The van der Waals surface area contributed by atoms with Gasteiger partial charge in [0.25, 0.3) is 0 Å². The van der Waals surface area contributed by atoms with E-state index in [2.05, 4.69) is 0 Å². The van der Waals surface area contributed by atoms with Crippen molar-refractivity contribution in [3.63, 3.8) is 0 Å². The van der Waals surface area contributed by atoms with E-state index in [9.17, 15) is 18.8 Å². The largest absolute Gasteiger partial charge is 0.497 e. The molecule has 36 heavy (non-hydrogen) atoms. The smallest absolute Gasteiger partial charge is 0.332 e. The molecule has 2 unspecified atom stereocenters. The fourth-order valence-electron chi connectivity index (χ4n) is 5.01. The van der Waals surface area contributed by atoms with Crippen LogP contribution in [0.5, 0.6) is 11.5 Å². The molecule has 8 nitrogen and oxygen atoms in total. The molecule has 1 saturated heterocycles. The SMILES string of the molecule is COc1ccc(N2C(=O)C3C4=C(CN(C(C)=O)CC4)SC3N(Cc3cccc(F)c3)C2=O)c(OC)c1. The molecular weight excluding hydrogens is 485 g/mol. The highest BCUT2D eigenvalue weighted by atomic mass is 32.2. The van der Waals surface area contributed by atoms with Crippen LogP contribution in [-0.2, 0) is 16.1 Å². The first-order valence-electron chi connectivity index (χ1n) is 11.6. The maximum Gasteiger partial charge on any atom is 0.332 e. The number of nitrogens with zero attached hydrogens (tertiary/aromatic N) is 3. The van der Waals surface area contributed by atoms with Crippen molar-refractivity contribution in [1.82, 2.24) is 9.80 Å². The zero-order chi connectivity index (χ0) is 25.6. The van der Waals surface area contributed by atoms with Crippen LogP contribution in [0.25, 0.3) is 0 Å². The van der Waals surface area contributed by atoms with E-state index in [1.807, 2.05) is 0 Å². The second-order valence-electron chi connectivity index (χ2n) is 8.88. The van der Waals surface area contributed by atoms with Crippen LogP contribution < -0.4 is 14.4 Å². The summed E-state index contributed by atoms with van der Waals surface area (Å²) < 4.78 is 24.8. The molecule has 0 aliphatic carbocycles. The zero-order valence-electron chi connectivity index (χ0n) is 20.2. The molecule has 10 heteroatoms. The summed E-state index contributed by atoms with van der Waals surface area (Å²) in [5.74, 6) is -0.478. The topological polar surface area (TPSA) is 79.4 Å². The van der Waals surface area contributed by atoms with Gasteiger partial charge in [-0.15, -0.1) is 11.8 Å². The van der Waals surface area contributed by atoms with E-state index in [0.29, 0.717) is 42.3 Å². The number of hydrogen-bond donors (Lipinski definition) is 0. The molecule has 0 N–H and O–H groups in total. The Kier molecular flexibility index (Phi) is 6.38. The monoisotopic (exact) mass is 511 g/mol. The summed E-state index contributed by atoms with van der Waals surface area (Å²) in [5.41, 5.74) is 1.90. The summed E-state index contributed by atoms with van der Waals surface area (Å²) in [5, 5.41) is -0.481. The van der Waals surface area contributed by atoms with Crippen LogP contribution in [0.4, 0.5) is 14.9 Å². The van der Waals surface area contributed by atoms with Crippen molar-refractivity contribution in [2.75, 3.05) is 32.2 Å². The highest BCUT2D eigenvalue weighted by molar-refractivity contribution is 8.04. The highest BCUT2D eigenvalue weighted by Gasteiger charge is 2.54. The molecule has 3 aliphatic heterocycles. The third kappa shape index (κ3) is 4.09. The molecule has 0 saturated carbocycles. The first-order valence-corrected chi connectivity index (χ1v) is 12.5. The lowest BCUT2D eigenvalue weighted by molar-refractivity contribution is -0.128. The van der Waals surface area contributed by atoms with Gasteiger partial charge < -0.3 is 19.3 Å². The maximum absolute atomic E-state index is 14.0. The summed E-state index contributed by atoms with van der Waals surface area (Å²) in [6.07, 6.45) is 0.560. The van der Waals surface area contributed by atoms with Gasteiger partial charge in [-0.1, -0.05) is 12.1 Å². The number of imide groups is 1. The molecule has 2 aromatic carbocycles. The Labute approximate surface area is 212 Å². The lowest BCUT2D eigenvalue weighted by Gasteiger charge is -2.42. The molecule has 0 radical (unpaired) electrons. The molecule has 188 valence electrons. The van der Waals surface area contributed by atoms with Gasteiger partial charge in [0.15, 0.2) is 0 Å². The first kappa shape index (κ1) is 24.2. The third-order valence-electron chi connectivity index (χ3n) is 6.81. The van der Waals surface area contributed by atoms with E-state index < -0.39 is 23.1 Å². The van der Waals surface area contributed by atoms with Gasteiger partial charge in [-0.3, -0.25) is 9.59 Å². The molecule has 0 aromatic heterocycles. The Balaban J connectivity index is 1.58. The van der Waals surface area contributed by atoms with E-state index in [0.717, 1.165) is 15.4 Å². The number of fused-ring (bicyclic) bond motifs is 2. The number of thioether (sulfide) groups is 1. The molecule has 3 heterocycles. The van der Waals surface area contributed by atoms with Crippen LogP contribution in [0.1, 0.15) is 18.9 Å². The van der Waals surface area contributed by atoms with Crippen molar-refractivity contribution in [3.8, 4) is 11.5 Å². The van der Waals surface area contributed by atoms with Gasteiger partial charge in [0, 0.05) is 31.0 Å². The summed E-state index contributed by atoms with van der Waals surface area (Å²) >= 11 is 1.45. The number of carbonyl (C=O) groups excluding carboxylic acids is 3. The predicted molar refractivity (Wildman–Crippen MR) is 133 cm³/mol. The van der Waals surface area contributed by atoms with Crippen molar-refractivity contribution < 1.29 is 28.2 Å². The number of rotatable bonds is 5. The molecular formula is C26H26FN3O5S. The standard InChI is InChI=1S/C26H26FN3O5S/c1-15(31)28-10-9-19-22(14-28)36-25-23(19)24(32)30(20-8-7-18(34-2)12-21(20)35-3)26(33)29(25)13-16-5-4-6-17(27)11-16/h4-8,11-12,23,25H,9-10,13-14H2,1-3H3. The van der Waals surface area contributed by atoms with E-state index in [1.165, 1.54) is 45.0 Å². The summed E-state index contributed by atoms with van der Waals surface area (Å²) in [6, 6.07) is 10.5. The van der Waals surface area contributed by atoms with Gasteiger partial charge in [-0.2, -0.15) is 0 Å². The van der Waals surface area contributed by atoms with Crippen LogP contribution >= 0.6 is 11.8 Å². The van der Waals surface area contributed by atoms with Gasteiger partial charge in [0.2, 0.25) is 11.8 Å². The Bertz CT molecular complexity index is 1280. The van der Waals surface area contributed by atoms with Gasteiger partial charge in [0.1, 0.15) is 17.3 Å². The maximum atomic E-state index is 14.0. The predicted octanol–water partition coefficient (Wildman–Crippen LogP) is 4.01. The Morgan fingerprint density at radius 2 is 1.94 bits per heavy atom. The van der Waals surface area contributed by atoms with Crippen LogP contribution in [0.2, 0.25) is 0 Å². The molecule has 3 aliphatic rings. The highest BCUT2D eigenvalue weighted by Crippen LogP contribution is 2.51. The first-order chi connectivity index (χ1) is 17.3. The molecule has 1 fully saturated rings. The molecule has 5 rings (SSSR count). The second kappa shape index (κ2) is 9.50. The van der Waals surface area contributed by atoms with Gasteiger partial charge in [0.05, 0.1) is 37.7 Å². The minimum atomic E-state index is -0.572. The number of urea groups is 1. The minimum absolute atomic E-state index is 0.0272. The average Bonchev–Trinajstić information content (AvgIpc) is 3.25. The molecule has 4 amide bonds. The number of halogens is 1. The number of amides is 4. The normalized spacial score (nSPS) is 21.5. The molecule has 2 aromatic rings. The number of methoxy groups -OCH3 is 2. The second-order valence-corrected chi connectivity index (χ2v) is 10.1. The van der Waals surface area contributed by atoms with Gasteiger partial charge >= 0.3 is 6.03 Å². The van der Waals surface area contributed by atoms with E-state index >= 15 is 0 Å². The Hall–Kier alpha value is -3.53. The summed E-state index contributed by atoms with van der Waals surface area (Å²) in [7, 11) is 2.99. The van der Waals surface area contributed by atoms with Crippen molar-refractivity contribution in [2.45, 2.75) is 25.3 Å². The summed E-state index contributed by atoms with van der Waals surface area (Å²) in [6.45, 7) is 2.60. The average molecular weight is 512 g/mol. The van der Waals surface area contributed by atoms with E-state index in [-0.39, 0.29) is 18.4 Å². The van der Waals surface area contributed by atoms with Crippen molar-refractivity contribution >= 4 is 35.3 Å². The lowest BCUT2D eigenvalue weighted by Crippen LogP contribution is -2.60. The quantitative estimate of drug-likeness (QED) is 0.604. The molecule has 0 spiro atoms. The molecule has 0 bridgehead atoms. The van der Waals surface area contributed by atoms with Gasteiger partial charge in [-0.05, 0) is 41.8 Å². The van der Waals surface area contributed by atoms with Crippen LogP contribution in [0.15, 0.2) is 52.9 Å². The number of ether oxygens (including phenoxy) is 2. The fourth-order valence-corrected chi connectivity index (χ4v) is 6.62. The van der Waals surface area contributed by atoms with Crippen molar-refractivity contribution in [2.24, 2.45) is 5.92 Å². The van der Waals surface area contributed by atoms with E-state index in [1.54, 1.807) is 40.1 Å². The third-order valence-corrected chi connectivity index (χ3v) is 8.26. The van der Waals surface area contributed by atoms with Crippen LogP contribution in [0.3, 0.4) is 0 Å². The van der Waals surface area contributed by atoms with Crippen molar-refractivity contribution in [1.29, 1.82) is 0 Å². The lowest BCUT2D eigenvalue weighted by atomic mass is 9.89. The Morgan fingerprint density at radius 3 is 2.64 bits per heavy atom. The zero-order valence-corrected chi connectivity index (χ0v) is 21.0. The number of hydrogen-bond acceptors (Lipinski definition) is 6. The Morgan fingerprint density at radius 1 is 1.14 bits per heavy atom. The number of benzene rings is 2. The fraction of sp³-hybridized carbons (Fsp3) is 0.346. The van der Waals surface area contributed by atoms with Crippen molar-refractivity contribution in [3.05, 3.63) is 64.3 Å². The number of carbonyl (C=O) groups is 3. The van der Waals surface area contributed by atoms with Crippen LogP contribution in [-0.4, -0.2) is 60.3 Å². The molecule has 2 atom stereocenters. The van der Waals surface area contributed by atoms with E-state index in [4.69, 9.17) is 9.47 Å². The minimum Gasteiger partial charge on any atom is -0.497 e. The summed E-state index contributed by atoms with van der Waals surface area (Å²) in [4.78, 5) is 45.4. The number of anilines is 1. The van der Waals surface area contributed by atoms with Crippen LogP contribution in [0, 0.1) is 11.7 Å².